The highest BCUT2D eigenvalue weighted by atomic mass is 16.1. The minimum atomic E-state index is -0.00981. The number of piperidine rings is 3. The topological polar surface area (TPSA) is 45.2 Å². The fourth-order valence-electron chi connectivity index (χ4n) is 3.00. The summed E-state index contributed by atoms with van der Waals surface area (Å²) in [6, 6.07) is 5.99. The monoisotopic (exact) mass is 257 g/mol. The molecule has 1 aromatic rings. The summed E-state index contributed by atoms with van der Waals surface area (Å²) in [6.45, 7) is 3.40. The normalized spacial score (nSPS) is 29.6. The molecular formula is C15H19N3O. The van der Waals surface area contributed by atoms with Gasteiger partial charge in [-0.15, -0.1) is 0 Å². The Balaban J connectivity index is 1.55. The van der Waals surface area contributed by atoms with Crippen LogP contribution in [0.25, 0.3) is 6.08 Å². The smallest absolute Gasteiger partial charge is 0.244 e. The van der Waals surface area contributed by atoms with E-state index in [-0.39, 0.29) is 5.91 Å². The van der Waals surface area contributed by atoms with Crippen LogP contribution in [0.3, 0.4) is 0 Å². The van der Waals surface area contributed by atoms with Gasteiger partial charge in [-0.25, -0.2) is 0 Å². The number of nitrogens with one attached hydrogen (secondary N) is 1. The molecule has 0 unspecified atom stereocenters. The Kier molecular flexibility index (Phi) is 3.60. The Morgan fingerprint density at radius 3 is 2.84 bits per heavy atom. The highest BCUT2D eigenvalue weighted by molar-refractivity contribution is 5.91. The van der Waals surface area contributed by atoms with Crippen LogP contribution in [0.15, 0.2) is 30.5 Å². The SMILES string of the molecule is O=C(/C=C/c1ccccn1)N[C@H]1CN2CCC1CC2. The molecule has 3 saturated heterocycles. The molecule has 1 amide bonds. The van der Waals surface area contributed by atoms with Crippen LogP contribution in [0.1, 0.15) is 18.5 Å². The standard InChI is InChI=1S/C15H19N3O/c19-15(5-4-13-3-1-2-8-16-13)17-14-11-18-9-6-12(14)7-10-18/h1-5,8,12,14H,6-7,9-11H2,(H,17,19)/b5-4+/t14-/m0/s1. The summed E-state index contributed by atoms with van der Waals surface area (Å²) in [4.78, 5) is 18.5. The molecule has 0 radical (unpaired) electrons. The van der Waals surface area contributed by atoms with Crippen molar-refractivity contribution in [3.8, 4) is 0 Å². The molecule has 0 spiro atoms. The molecule has 1 aromatic heterocycles. The van der Waals surface area contributed by atoms with Gasteiger partial charge in [-0.2, -0.15) is 0 Å². The van der Waals surface area contributed by atoms with Crippen molar-refractivity contribution in [3.63, 3.8) is 0 Å². The highest BCUT2D eigenvalue weighted by Crippen LogP contribution is 2.27. The van der Waals surface area contributed by atoms with Gasteiger partial charge in [0, 0.05) is 24.9 Å². The minimum absolute atomic E-state index is 0.00981. The second kappa shape index (κ2) is 5.53. The number of fused-ring (bicyclic) bond motifs is 3. The van der Waals surface area contributed by atoms with Gasteiger partial charge in [-0.05, 0) is 50.1 Å². The van der Waals surface area contributed by atoms with E-state index in [1.807, 2.05) is 18.2 Å². The lowest BCUT2D eigenvalue weighted by molar-refractivity contribution is -0.118. The van der Waals surface area contributed by atoms with Crippen molar-refractivity contribution in [3.05, 3.63) is 36.2 Å². The molecular weight excluding hydrogens is 238 g/mol. The quantitative estimate of drug-likeness (QED) is 0.830. The zero-order valence-electron chi connectivity index (χ0n) is 11.0. The maximum absolute atomic E-state index is 11.9. The lowest BCUT2D eigenvalue weighted by Crippen LogP contribution is -2.57. The first-order chi connectivity index (χ1) is 9.31. The number of hydrogen-bond acceptors (Lipinski definition) is 3. The molecule has 4 nitrogen and oxygen atoms in total. The molecule has 4 rings (SSSR count). The van der Waals surface area contributed by atoms with Crippen LogP contribution in [0.4, 0.5) is 0 Å². The number of carbonyl (C=O) groups is 1. The summed E-state index contributed by atoms with van der Waals surface area (Å²) < 4.78 is 0. The van der Waals surface area contributed by atoms with E-state index in [1.54, 1.807) is 18.3 Å². The Bertz CT molecular complexity index is 464. The number of hydrogen-bond donors (Lipinski definition) is 1. The van der Waals surface area contributed by atoms with Crippen molar-refractivity contribution in [2.24, 2.45) is 5.92 Å². The summed E-state index contributed by atoms with van der Waals surface area (Å²) in [6.07, 6.45) is 7.51. The third kappa shape index (κ3) is 3.01. The van der Waals surface area contributed by atoms with Crippen LogP contribution in [-0.2, 0) is 4.79 Å². The van der Waals surface area contributed by atoms with Gasteiger partial charge < -0.3 is 10.2 Å². The molecule has 3 fully saturated rings. The van der Waals surface area contributed by atoms with E-state index < -0.39 is 0 Å². The average molecular weight is 257 g/mol. The molecule has 2 bridgehead atoms. The molecule has 19 heavy (non-hydrogen) atoms. The lowest BCUT2D eigenvalue weighted by Gasteiger charge is -2.44. The molecule has 0 aliphatic carbocycles. The van der Waals surface area contributed by atoms with Crippen LogP contribution >= 0.6 is 0 Å². The number of rotatable bonds is 3. The molecule has 4 heterocycles. The summed E-state index contributed by atoms with van der Waals surface area (Å²) in [5.41, 5.74) is 0.812. The van der Waals surface area contributed by atoms with E-state index in [4.69, 9.17) is 0 Å². The molecule has 3 aliphatic heterocycles. The van der Waals surface area contributed by atoms with Gasteiger partial charge in [0.2, 0.25) is 5.91 Å². The van der Waals surface area contributed by atoms with Crippen molar-refractivity contribution < 1.29 is 4.79 Å². The number of carbonyl (C=O) groups excluding carboxylic acids is 1. The fraction of sp³-hybridized carbons (Fsp3) is 0.467. The second-order valence-electron chi connectivity index (χ2n) is 5.34. The van der Waals surface area contributed by atoms with Gasteiger partial charge in [0.05, 0.1) is 5.69 Å². The molecule has 4 heteroatoms. The van der Waals surface area contributed by atoms with Gasteiger partial charge in [0.15, 0.2) is 0 Å². The largest absolute Gasteiger partial charge is 0.348 e. The summed E-state index contributed by atoms with van der Waals surface area (Å²) in [5, 5.41) is 3.13. The molecule has 3 aliphatic rings. The molecule has 0 aromatic carbocycles. The number of pyridine rings is 1. The number of nitrogens with zero attached hydrogens (tertiary/aromatic N) is 2. The highest BCUT2D eigenvalue weighted by Gasteiger charge is 2.34. The molecule has 0 saturated carbocycles. The maximum atomic E-state index is 11.9. The first-order valence-electron chi connectivity index (χ1n) is 6.93. The Labute approximate surface area is 113 Å². The zero-order chi connectivity index (χ0) is 13.1. The van der Waals surface area contributed by atoms with Crippen LogP contribution in [0, 0.1) is 5.92 Å². The lowest BCUT2D eigenvalue weighted by atomic mass is 9.84. The minimum Gasteiger partial charge on any atom is -0.348 e. The maximum Gasteiger partial charge on any atom is 0.244 e. The van der Waals surface area contributed by atoms with E-state index >= 15 is 0 Å². The van der Waals surface area contributed by atoms with E-state index in [0.717, 1.165) is 12.2 Å². The van der Waals surface area contributed by atoms with Gasteiger partial charge in [0.25, 0.3) is 0 Å². The van der Waals surface area contributed by atoms with Gasteiger partial charge in [-0.3, -0.25) is 9.78 Å². The van der Waals surface area contributed by atoms with Crippen LogP contribution in [0.2, 0.25) is 0 Å². The van der Waals surface area contributed by atoms with E-state index in [2.05, 4.69) is 15.2 Å². The van der Waals surface area contributed by atoms with Crippen molar-refractivity contribution in [2.75, 3.05) is 19.6 Å². The van der Waals surface area contributed by atoms with Crippen molar-refractivity contribution in [2.45, 2.75) is 18.9 Å². The number of amides is 1. The first-order valence-corrected chi connectivity index (χ1v) is 6.93. The van der Waals surface area contributed by atoms with E-state index in [1.165, 1.54) is 25.9 Å². The van der Waals surface area contributed by atoms with Crippen LogP contribution in [0.5, 0.6) is 0 Å². The van der Waals surface area contributed by atoms with Gasteiger partial charge in [-0.1, -0.05) is 6.07 Å². The summed E-state index contributed by atoms with van der Waals surface area (Å²) in [7, 11) is 0. The predicted molar refractivity (Wildman–Crippen MR) is 74.4 cm³/mol. The van der Waals surface area contributed by atoms with Crippen LogP contribution < -0.4 is 5.32 Å². The average Bonchev–Trinajstić information content (AvgIpc) is 2.47. The molecule has 1 N–H and O–H groups in total. The Morgan fingerprint density at radius 2 is 2.21 bits per heavy atom. The van der Waals surface area contributed by atoms with Gasteiger partial charge in [0.1, 0.15) is 0 Å². The van der Waals surface area contributed by atoms with Crippen molar-refractivity contribution in [1.29, 1.82) is 0 Å². The first kappa shape index (κ1) is 12.4. The zero-order valence-corrected chi connectivity index (χ0v) is 11.0. The van der Waals surface area contributed by atoms with Crippen LogP contribution in [-0.4, -0.2) is 41.5 Å². The Morgan fingerprint density at radius 1 is 1.37 bits per heavy atom. The van der Waals surface area contributed by atoms with Crippen molar-refractivity contribution in [1.82, 2.24) is 15.2 Å². The fourth-order valence-corrected chi connectivity index (χ4v) is 3.00. The predicted octanol–water partition coefficient (Wildman–Crippen LogP) is 1.31. The third-order valence-electron chi connectivity index (χ3n) is 4.08. The second-order valence-corrected chi connectivity index (χ2v) is 5.34. The Hall–Kier alpha value is -1.68. The van der Waals surface area contributed by atoms with E-state index in [9.17, 15) is 4.79 Å². The van der Waals surface area contributed by atoms with Crippen molar-refractivity contribution >= 4 is 12.0 Å². The third-order valence-corrected chi connectivity index (χ3v) is 4.08. The summed E-state index contributed by atoms with van der Waals surface area (Å²) >= 11 is 0. The van der Waals surface area contributed by atoms with E-state index in [0.29, 0.717) is 12.0 Å². The summed E-state index contributed by atoms with van der Waals surface area (Å²) in [5.74, 6) is 0.654. The van der Waals surface area contributed by atoms with Gasteiger partial charge >= 0.3 is 0 Å². The molecule has 1 atom stereocenters. The number of aromatic nitrogens is 1. The molecule has 100 valence electrons.